The average molecular weight is 1190 g/mol. The summed E-state index contributed by atoms with van der Waals surface area (Å²) in [5.41, 5.74) is 3.18. The highest BCUT2D eigenvalue weighted by molar-refractivity contribution is 5.95. The number of nitrogens with one attached hydrogen (secondary N) is 1. The number of aryl methyl sites for hydroxylation is 2. The highest BCUT2D eigenvalue weighted by Gasteiger charge is 2.80. The number of nitrogens with zero attached hydrogens (tertiary/aromatic N) is 3. The molecule has 6 aliphatic heterocycles. The van der Waals surface area contributed by atoms with Gasteiger partial charge >= 0.3 is 18.1 Å². The fourth-order valence-electron chi connectivity index (χ4n) is 17.6. The Morgan fingerprint density at radius 2 is 1.57 bits per heavy atom. The Labute approximate surface area is 515 Å². The van der Waals surface area contributed by atoms with Gasteiger partial charge in [0.2, 0.25) is 5.60 Å². The second kappa shape index (κ2) is 23.9. The summed E-state index contributed by atoms with van der Waals surface area (Å²) in [4.78, 5) is 56.1. The predicted molar refractivity (Wildman–Crippen MR) is 339 cm³/mol. The number of ether oxygens (including phenoxy) is 6. The molecule has 2 bridgehead atoms. The van der Waals surface area contributed by atoms with E-state index in [2.05, 4.69) is 85.8 Å². The largest absolute Gasteiger partial charge is 0.514 e. The number of H-pyrrole nitrogens is 1. The predicted octanol–water partition coefficient (Wildman–Crippen LogP) is 12.2. The number of carbonyl (C=O) groups is 3. The lowest BCUT2D eigenvalue weighted by Gasteiger charge is -2.63. The third-order valence-corrected chi connectivity index (χ3v) is 21.6. The number of allylic oxidation sites excluding steroid dienone is 6. The first-order chi connectivity index (χ1) is 41.6. The molecule has 3 fully saturated rings. The SMILES string of the molecule is CC[C@]1(O)C[C@@H]2CN(CCc3c([nH]c4ccccc34)[C@@](C(=O)OC)(c3cc4c(cc3OC)N(C)[C@H]3C(O)(C(=O)OC)[C@H](OC(=O)Oc5cc(C)c6c(c5)CC[C@@](C)(CC/C=C(\C)CC/C=C(\C)CCC=C(C)C)O6)[C@]5(CC)C=CCN6CC[C@]43C65)C2)C1. The smallest absolute Gasteiger partial charge is 0.496 e. The molecular weight excluding hydrogens is 1100 g/mol. The molecule has 468 valence electrons. The van der Waals surface area contributed by atoms with E-state index in [1.165, 1.54) is 30.9 Å². The number of hydrogen-bond donors (Lipinski definition) is 3. The molecule has 3 unspecified atom stereocenters. The van der Waals surface area contributed by atoms with Gasteiger partial charge in [0, 0.05) is 84.0 Å². The van der Waals surface area contributed by atoms with E-state index < -0.39 is 63.7 Å². The van der Waals surface area contributed by atoms with Crippen molar-refractivity contribution in [2.24, 2.45) is 11.3 Å². The number of rotatable bonds is 17. The number of anilines is 1. The van der Waals surface area contributed by atoms with E-state index in [-0.39, 0.29) is 17.3 Å². The highest BCUT2D eigenvalue weighted by Crippen LogP contribution is 2.68. The minimum atomic E-state index is -2.49. The summed E-state index contributed by atoms with van der Waals surface area (Å²) >= 11 is 0. The number of aromatic amines is 1. The summed E-state index contributed by atoms with van der Waals surface area (Å²) < 4.78 is 37.9. The maximum Gasteiger partial charge on any atom is 0.514 e. The van der Waals surface area contributed by atoms with Crippen molar-refractivity contribution in [3.63, 3.8) is 0 Å². The number of methoxy groups -OCH3 is 3. The third-order valence-electron chi connectivity index (χ3n) is 21.6. The van der Waals surface area contributed by atoms with Crippen molar-refractivity contribution >= 4 is 34.7 Å². The van der Waals surface area contributed by atoms with Crippen LogP contribution in [0.4, 0.5) is 10.5 Å². The van der Waals surface area contributed by atoms with Gasteiger partial charge in [-0.15, -0.1) is 0 Å². The van der Waals surface area contributed by atoms with Crippen molar-refractivity contribution in [2.75, 3.05) is 66.0 Å². The number of likely N-dealkylation sites (N-methyl/N-ethyl adjacent to an activating group) is 1. The monoisotopic (exact) mass is 1190 g/mol. The molecule has 15 nitrogen and oxygen atoms in total. The number of fused-ring (bicyclic) bond motifs is 7. The number of aromatic nitrogens is 1. The van der Waals surface area contributed by atoms with E-state index >= 15 is 9.59 Å². The van der Waals surface area contributed by atoms with E-state index in [0.29, 0.717) is 88.2 Å². The molecule has 0 radical (unpaired) electrons. The van der Waals surface area contributed by atoms with Crippen molar-refractivity contribution in [3.05, 3.63) is 129 Å². The van der Waals surface area contributed by atoms with Crippen LogP contribution in [-0.2, 0) is 47.5 Å². The number of para-hydroxylation sites is 1. The van der Waals surface area contributed by atoms with Crippen LogP contribution in [-0.4, -0.2) is 139 Å². The summed E-state index contributed by atoms with van der Waals surface area (Å²) in [5.74, 6) is -0.0574. The summed E-state index contributed by atoms with van der Waals surface area (Å²) in [6.45, 7) is 20.0. The van der Waals surface area contributed by atoms with Crippen LogP contribution in [0.5, 0.6) is 17.2 Å². The second-order valence-corrected chi connectivity index (χ2v) is 27.3. The number of carbonyl (C=O) groups excluding carboxylic acids is 3. The quantitative estimate of drug-likeness (QED) is 0.0394. The number of piperidine rings is 1. The van der Waals surface area contributed by atoms with Gasteiger partial charge in [0.15, 0.2) is 6.10 Å². The first-order valence-electron chi connectivity index (χ1n) is 32.0. The fourth-order valence-corrected chi connectivity index (χ4v) is 17.6. The molecule has 7 heterocycles. The van der Waals surface area contributed by atoms with Gasteiger partial charge in [-0.3, -0.25) is 14.6 Å². The maximum atomic E-state index is 15.7. The van der Waals surface area contributed by atoms with Gasteiger partial charge in [0.25, 0.3) is 0 Å². The number of hydrogen-bond acceptors (Lipinski definition) is 14. The van der Waals surface area contributed by atoms with Gasteiger partial charge in [0.1, 0.15) is 28.3 Å². The van der Waals surface area contributed by atoms with Crippen molar-refractivity contribution in [1.82, 2.24) is 14.8 Å². The van der Waals surface area contributed by atoms with Crippen molar-refractivity contribution in [3.8, 4) is 17.2 Å². The molecule has 4 aromatic rings. The summed E-state index contributed by atoms with van der Waals surface area (Å²) in [7, 11) is 6.16. The van der Waals surface area contributed by atoms with Crippen molar-refractivity contribution in [1.29, 1.82) is 0 Å². The number of aliphatic hydroxyl groups is 2. The van der Waals surface area contributed by atoms with Crippen LogP contribution >= 0.6 is 0 Å². The summed E-state index contributed by atoms with van der Waals surface area (Å²) in [6, 6.07) is 14.3. The van der Waals surface area contributed by atoms with Crippen LogP contribution < -0.4 is 19.1 Å². The minimum absolute atomic E-state index is 0.140. The van der Waals surface area contributed by atoms with Crippen molar-refractivity contribution < 1.29 is 53.0 Å². The van der Waals surface area contributed by atoms with Gasteiger partial charge in [-0.2, -0.15) is 0 Å². The molecule has 15 heteroatoms. The Morgan fingerprint density at radius 1 is 0.839 bits per heavy atom. The molecule has 87 heavy (non-hydrogen) atoms. The molecule has 11 atom stereocenters. The molecule has 11 rings (SSSR count). The van der Waals surface area contributed by atoms with E-state index in [0.717, 1.165) is 96.0 Å². The number of benzene rings is 3. The molecule has 7 aliphatic rings. The van der Waals surface area contributed by atoms with Crippen LogP contribution in [0.15, 0.2) is 95.6 Å². The first kappa shape index (κ1) is 62.2. The lowest BCUT2D eigenvalue weighted by atomic mass is 9.47. The van der Waals surface area contributed by atoms with E-state index in [9.17, 15) is 15.0 Å². The van der Waals surface area contributed by atoms with E-state index in [1.54, 1.807) is 13.2 Å². The zero-order valence-electron chi connectivity index (χ0n) is 53.7. The summed E-state index contributed by atoms with van der Waals surface area (Å²) in [5, 5.41) is 27.2. The molecule has 1 aliphatic carbocycles. The lowest BCUT2D eigenvalue weighted by molar-refractivity contribution is -0.220. The minimum Gasteiger partial charge on any atom is -0.496 e. The molecular formula is C72H94N4O11. The van der Waals surface area contributed by atoms with Crippen LogP contribution in [0.3, 0.4) is 0 Å². The highest BCUT2D eigenvalue weighted by atomic mass is 16.7. The average Bonchev–Trinajstić information content (AvgIpc) is 1.53. The van der Waals surface area contributed by atoms with Gasteiger partial charge in [-0.25, -0.2) is 9.59 Å². The molecule has 3 aromatic carbocycles. The molecule has 0 amide bonds. The van der Waals surface area contributed by atoms with Crippen LogP contribution in [0.25, 0.3) is 10.9 Å². The van der Waals surface area contributed by atoms with Gasteiger partial charge < -0.3 is 48.5 Å². The number of esters is 2. The van der Waals surface area contributed by atoms with Gasteiger partial charge in [-0.05, 0) is 190 Å². The maximum absolute atomic E-state index is 15.7. The zero-order chi connectivity index (χ0) is 62.0. The van der Waals surface area contributed by atoms with Gasteiger partial charge in [0.05, 0.1) is 33.0 Å². The topological polar surface area (TPSA) is 173 Å². The van der Waals surface area contributed by atoms with Gasteiger partial charge in [-0.1, -0.05) is 79.1 Å². The second-order valence-electron chi connectivity index (χ2n) is 27.3. The van der Waals surface area contributed by atoms with Crippen LogP contribution in [0.1, 0.15) is 159 Å². The molecule has 1 spiro atoms. The van der Waals surface area contributed by atoms with Crippen LogP contribution in [0.2, 0.25) is 0 Å². The Hall–Kier alpha value is -6.39. The molecule has 3 N–H and O–H groups in total. The molecule has 1 aromatic heterocycles. The first-order valence-corrected chi connectivity index (χ1v) is 32.0. The van der Waals surface area contributed by atoms with E-state index in [1.807, 2.05) is 69.1 Å². The fraction of sp³-hybridized carbons (Fsp3) is 0.569. The van der Waals surface area contributed by atoms with E-state index in [4.69, 9.17) is 28.4 Å². The Morgan fingerprint density at radius 3 is 2.29 bits per heavy atom. The molecule has 1 saturated carbocycles. The lowest BCUT2D eigenvalue weighted by Crippen LogP contribution is -2.81. The third kappa shape index (κ3) is 10.5. The Kier molecular flexibility index (Phi) is 17.1. The Balaban J connectivity index is 0.929. The zero-order valence-corrected chi connectivity index (χ0v) is 53.7. The van der Waals surface area contributed by atoms with Crippen LogP contribution in [0, 0.1) is 18.3 Å². The standard InChI is InChI=1S/C72H94N4O11/c1-13-68(80)41-49-42-71(64(77)83-11,60-53(29-35-75(43-49)44-68)52-26-15-16-27-56(52)73-60)55-39-54-57(40-58(55)82-10)74(9)62-70(54)33-36-76-34-20-31-69(14-2,61(70)76)63(72(62,81)65(78)84-12)86-66(79)85-51-37-48(7)59-50(38-51)28-32-67(8,87-59)30-19-25-47(6)24-18-23-46(5)22-17-21-45(3)4/h15-16,20-21,23,25-27,31,37-40,49,61-63,73,80-81H,13-14,17-19,22,24,28-30,32-36,41-44H2,1-12H3/b46-23+,47-25+/t49-,61?,62+,63+,67+,68-,69+,70+,71-,72?/m0/s1. The molecule has 2 saturated heterocycles. The normalized spacial score (nSPS) is 31.6. The summed E-state index contributed by atoms with van der Waals surface area (Å²) in [6.07, 6.45) is 18.9. The van der Waals surface area contributed by atoms with Crippen molar-refractivity contribution in [2.45, 2.75) is 191 Å². The Bertz CT molecular complexity index is 3450.